The zero-order valence-corrected chi connectivity index (χ0v) is 18.1. The van der Waals surface area contributed by atoms with Crippen molar-refractivity contribution < 1.29 is 13.9 Å². The average molecular weight is 405 g/mol. The zero-order valence-electron chi connectivity index (χ0n) is 18.1. The summed E-state index contributed by atoms with van der Waals surface area (Å²) in [5.74, 6) is 0.755. The quantitative estimate of drug-likeness (QED) is 0.586. The van der Waals surface area contributed by atoms with Crippen molar-refractivity contribution in [2.24, 2.45) is 0 Å². The van der Waals surface area contributed by atoms with Gasteiger partial charge in [-0.3, -0.25) is 4.79 Å². The molecule has 0 spiro atoms. The van der Waals surface area contributed by atoms with Crippen molar-refractivity contribution in [2.75, 3.05) is 38.2 Å². The molecule has 4 rings (SSSR count). The van der Waals surface area contributed by atoms with Crippen molar-refractivity contribution in [1.82, 2.24) is 4.90 Å². The summed E-state index contributed by atoms with van der Waals surface area (Å²) in [5.41, 5.74) is 6.15. The Hall–Kier alpha value is -3.21. The number of benzene rings is 2. The molecule has 1 fully saturated rings. The van der Waals surface area contributed by atoms with Crippen LogP contribution in [0.1, 0.15) is 23.6 Å². The van der Waals surface area contributed by atoms with Crippen molar-refractivity contribution in [3.63, 3.8) is 0 Å². The van der Waals surface area contributed by atoms with Crippen LogP contribution in [0.2, 0.25) is 0 Å². The lowest BCUT2D eigenvalue weighted by Crippen LogP contribution is -2.48. The maximum atomic E-state index is 12.9. The number of anilines is 1. The van der Waals surface area contributed by atoms with Gasteiger partial charge >= 0.3 is 0 Å². The number of methoxy groups -OCH3 is 1. The second-order valence-corrected chi connectivity index (χ2v) is 7.95. The first-order chi connectivity index (χ1) is 14.5. The van der Waals surface area contributed by atoms with E-state index in [0.717, 1.165) is 40.8 Å². The Bertz CT molecular complexity index is 1100. The first kappa shape index (κ1) is 20.1. The molecule has 0 bridgehead atoms. The van der Waals surface area contributed by atoms with Crippen molar-refractivity contribution in [3.05, 3.63) is 65.4 Å². The number of piperazine rings is 1. The predicted octanol–water partition coefficient (Wildman–Crippen LogP) is 4.81. The molecule has 156 valence electrons. The number of ether oxygens (including phenoxy) is 1. The second-order valence-electron chi connectivity index (χ2n) is 7.95. The van der Waals surface area contributed by atoms with E-state index in [9.17, 15) is 4.79 Å². The van der Waals surface area contributed by atoms with E-state index < -0.39 is 0 Å². The van der Waals surface area contributed by atoms with Crippen LogP contribution < -0.4 is 9.64 Å². The maximum Gasteiger partial charge on any atom is 0.246 e. The summed E-state index contributed by atoms with van der Waals surface area (Å²) in [6.45, 7) is 9.19. The summed E-state index contributed by atoms with van der Waals surface area (Å²) in [5, 5.41) is 1.04. The summed E-state index contributed by atoms with van der Waals surface area (Å²) in [4.78, 5) is 17.2. The van der Waals surface area contributed by atoms with Gasteiger partial charge in [-0.05, 0) is 55.7 Å². The molecule has 0 unspecified atom stereocenters. The van der Waals surface area contributed by atoms with Gasteiger partial charge in [0.1, 0.15) is 11.3 Å². The van der Waals surface area contributed by atoms with Gasteiger partial charge in [0.15, 0.2) is 0 Å². The van der Waals surface area contributed by atoms with Crippen LogP contribution in [0.4, 0.5) is 5.69 Å². The Morgan fingerprint density at radius 1 is 1.10 bits per heavy atom. The van der Waals surface area contributed by atoms with E-state index in [1.807, 2.05) is 30.9 Å². The highest BCUT2D eigenvalue weighted by Gasteiger charge is 2.21. The molecule has 5 nitrogen and oxygen atoms in total. The molecular weight excluding hydrogens is 376 g/mol. The lowest BCUT2D eigenvalue weighted by Gasteiger charge is -2.36. The number of allylic oxidation sites excluding steroid dienone is 1. The molecule has 0 N–H and O–H groups in total. The lowest BCUT2D eigenvalue weighted by atomic mass is 10.0. The minimum absolute atomic E-state index is 0.0439. The van der Waals surface area contributed by atoms with Gasteiger partial charge in [0.05, 0.1) is 13.4 Å². The summed E-state index contributed by atoms with van der Waals surface area (Å²) in [6, 6.07) is 12.5. The van der Waals surface area contributed by atoms with Gasteiger partial charge in [0.25, 0.3) is 0 Å². The molecule has 1 saturated heterocycles. The number of fused-ring (bicyclic) bond motifs is 1. The molecule has 2 aromatic carbocycles. The van der Waals surface area contributed by atoms with Crippen LogP contribution in [0.25, 0.3) is 16.5 Å². The number of aryl methyl sites for hydroxylation is 2. The van der Waals surface area contributed by atoms with Crippen LogP contribution in [-0.4, -0.2) is 44.1 Å². The van der Waals surface area contributed by atoms with E-state index in [0.29, 0.717) is 18.8 Å². The van der Waals surface area contributed by atoms with Crippen LogP contribution in [-0.2, 0) is 4.79 Å². The van der Waals surface area contributed by atoms with E-state index in [2.05, 4.69) is 36.1 Å². The Morgan fingerprint density at radius 3 is 2.57 bits per heavy atom. The third-order valence-electron chi connectivity index (χ3n) is 5.81. The highest BCUT2D eigenvalue weighted by Crippen LogP contribution is 2.33. The highest BCUT2D eigenvalue weighted by molar-refractivity contribution is 5.97. The Balaban J connectivity index is 1.49. The average Bonchev–Trinajstić information content (AvgIpc) is 3.12. The normalized spacial score (nSPS) is 15.0. The molecule has 0 atom stereocenters. The minimum Gasteiger partial charge on any atom is -0.496 e. The Morgan fingerprint density at radius 2 is 1.87 bits per heavy atom. The van der Waals surface area contributed by atoms with E-state index in [4.69, 9.17) is 9.15 Å². The largest absolute Gasteiger partial charge is 0.496 e. The number of nitrogens with zero attached hydrogens (tertiary/aromatic N) is 2. The zero-order chi connectivity index (χ0) is 21.3. The molecule has 1 amide bonds. The summed E-state index contributed by atoms with van der Waals surface area (Å²) >= 11 is 0. The molecule has 5 heteroatoms. The summed E-state index contributed by atoms with van der Waals surface area (Å²) in [7, 11) is 1.64. The van der Waals surface area contributed by atoms with Crippen LogP contribution in [0.3, 0.4) is 0 Å². The number of amides is 1. The number of carbonyl (C=O) groups is 1. The highest BCUT2D eigenvalue weighted by atomic mass is 16.5. The fourth-order valence-corrected chi connectivity index (χ4v) is 4.02. The van der Waals surface area contributed by atoms with Crippen molar-refractivity contribution in [2.45, 2.75) is 20.8 Å². The van der Waals surface area contributed by atoms with Gasteiger partial charge < -0.3 is 19.0 Å². The number of hydrogen-bond acceptors (Lipinski definition) is 4. The molecule has 0 saturated carbocycles. The fourth-order valence-electron chi connectivity index (χ4n) is 4.02. The molecular formula is C25H28N2O3. The van der Waals surface area contributed by atoms with Gasteiger partial charge in [0.2, 0.25) is 5.91 Å². The van der Waals surface area contributed by atoms with E-state index in [-0.39, 0.29) is 5.91 Å². The lowest BCUT2D eigenvalue weighted by molar-refractivity contribution is -0.126. The van der Waals surface area contributed by atoms with Crippen molar-refractivity contribution >= 4 is 28.1 Å². The SMILES string of the molecule is COc1cc2occ(C)c2cc1/C(C)=C/C(=O)N1CCN(c2cccc(C)c2)CC1. The second kappa shape index (κ2) is 8.27. The number of furan rings is 1. The number of carbonyl (C=O) groups excluding carboxylic acids is 1. The first-order valence-electron chi connectivity index (χ1n) is 10.3. The maximum absolute atomic E-state index is 12.9. The Kier molecular flexibility index (Phi) is 5.53. The Labute approximate surface area is 177 Å². The van der Waals surface area contributed by atoms with E-state index >= 15 is 0 Å². The van der Waals surface area contributed by atoms with Crippen LogP contribution in [0, 0.1) is 13.8 Å². The van der Waals surface area contributed by atoms with Gasteiger partial charge in [-0.1, -0.05) is 12.1 Å². The summed E-state index contributed by atoms with van der Waals surface area (Å²) < 4.78 is 11.1. The fraction of sp³-hybridized carbons (Fsp3) is 0.320. The van der Waals surface area contributed by atoms with Crippen LogP contribution in [0.5, 0.6) is 5.75 Å². The monoisotopic (exact) mass is 404 g/mol. The third kappa shape index (κ3) is 3.92. The number of hydrogen-bond donors (Lipinski definition) is 0. The summed E-state index contributed by atoms with van der Waals surface area (Å²) in [6.07, 6.45) is 3.47. The predicted molar refractivity (Wildman–Crippen MR) is 121 cm³/mol. The van der Waals surface area contributed by atoms with E-state index in [1.165, 1.54) is 11.3 Å². The molecule has 30 heavy (non-hydrogen) atoms. The molecule has 1 aliphatic rings. The molecule has 0 radical (unpaired) electrons. The van der Waals surface area contributed by atoms with Gasteiger partial charge in [-0.15, -0.1) is 0 Å². The van der Waals surface area contributed by atoms with Crippen LogP contribution in [0.15, 0.2) is 53.2 Å². The van der Waals surface area contributed by atoms with Gasteiger partial charge in [-0.25, -0.2) is 0 Å². The molecule has 2 heterocycles. The standard InChI is InChI=1S/C25H28N2O3/c1-17-6-5-7-20(12-17)26-8-10-27(11-9-26)25(28)13-18(2)21-14-22-19(3)16-30-24(22)15-23(21)29-4/h5-7,12-16H,8-11H2,1-4H3/b18-13+. The van der Waals surface area contributed by atoms with Gasteiger partial charge in [0, 0.05) is 55.0 Å². The third-order valence-corrected chi connectivity index (χ3v) is 5.81. The molecule has 1 aromatic heterocycles. The minimum atomic E-state index is 0.0439. The molecule has 3 aromatic rings. The number of rotatable bonds is 4. The smallest absolute Gasteiger partial charge is 0.246 e. The van der Waals surface area contributed by atoms with Crippen LogP contribution >= 0.6 is 0 Å². The first-order valence-corrected chi connectivity index (χ1v) is 10.3. The van der Waals surface area contributed by atoms with Crippen molar-refractivity contribution in [3.8, 4) is 5.75 Å². The van der Waals surface area contributed by atoms with Gasteiger partial charge in [-0.2, -0.15) is 0 Å². The van der Waals surface area contributed by atoms with E-state index in [1.54, 1.807) is 19.4 Å². The van der Waals surface area contributed by atoms with Crippen molar-refractivity contribution in [1.29, 1.82) is 0 Å². The molecule has 1 aliphatic heterocycles. The molecule has 0 aliphatic carbocycles. The topological polar surface area (TPSA) is 45.9 Å².